The second-order valence-electron chi connectivity index (χ2n) is 6.78. The highest BCUT2D eigenvalue weighted by Crippen LogP contribution is 2.37. The van der Waals surface area contributed by atoms with Crippen LogP contribution in [0.25, 0.3) is 16.2 Å². The van der Waals surface area contributed by atoms with Crippen molar-refractivity contribution >= 4 is 33.8 Å². The highest BCUT2D eigenvalue weighted by molar-refractivity contribution is 7.15. The lowest BCUT2D eigenvalue weighted by Crippen LogP contribution is -2.08. The van der Waals surface area contributed by atoms with Gasteiger partial charge in [-0.05, 0) is 37.1 Å². The maximum Gasteiger partial charge on any atom is 0.311 e. The monoisotopic (exact) mass is 409 g/mol. The Kier molecular flexibility index (Phi) is 5.07. The van der Waals surface area contributed by atoms with Gasteiger partial charge in [0.2, 0.25) is 0 Å². The van der Waals surface area contributed by atoms with Gasteiger partial charge in [-0.2, -0.15) is 0 Å². The van der Waals surface area contributed by atoms with E-state index in [9.17, 15) is 9.18 Å². The van der Waals surface area contributed by atoms with E-state index in [4.69, 9.17) is 4.74 Å². The summed E-state index contributed by atoms with van der Waals surface area (Å²) in [4.78, 5) is 17.3. The van der Waals surface area contributed by atoms with E-state index < -0.39 is 0 Å². The molecule has 0 spiro atoms. The molecule has 0 aliphatic rings. The molecule has 0 radical (unpaired) electrons. The SMILES string of the molecule is COC(=O)Cc1csc2nc(-c3ccccc3F)c(Nc3c(C)cccc3C)n12. The number of rotatable bonds is 5. The normalized spacial score (nSPS) is 11.0. The molecule has 0 bridgehead atoms. The van der Waals surface area contributed by atoms with Crippen LogP contribution in [0.5, 0.6) is 0 Å². The molecule has 2 aromatic carbocycles. The third-order valence-corrected chi connectivity index (χ3v) is 5.72. The fourth-order valence-electron chi connectivity index (χ4n) is 3.35. The standard InChI is InChI=1S/C22H20FN3O2S/c1-13-7-6-8-14(2)19(13)24-21-20(16-9-4-5-10-17(16)23)25-22-26(21)15(12-29-22)11-18(27)28-3/h4-10,12,24H,11H2,1-3H3. The summed E-state index contributed by atoms with van der Waals surface area (Å²) in [6.45, 7) is 4.03. The Morgan fingerprint density at radius 2 is 1.90 bits per heavy atom. The fourth-order valence-corrected chi connectivity index (χ4v) is 4.23. The van der Waals surface area contributed by atoms with E-state index in [0.29, 0.717) is 22.0 Å². The number of imidazole rings is 1. The van der Waals surface area contributed by atoms with Crippen molar-refractivity contribution < 1.29 is 13.9 Å². The zero-order valence-corrected chi connectivity index (χ0v) is 17.1. The van der Waals surface area contributed by atoms with Crippen molar-refractivity contribution in [2.24, 2.45) is 0 Å². The van der Waals surface area contributed by atoms with E-state index in [1.807, 2.05) is 41.8 Å². The summed E-state index contributed by atoms with van der Waals surface area (Å²) < 4.78 is 21.3. The second kappa shape index (κ2) is 7.67. The van der Waals surface area contributed by atoms with E-state index in [1.54, 1.807) is 18.2 Å². The average Bonchev–Trinajstić information content (AvgIpc) is 3.25. The third-order valence-electron chi connectivity index (χ3n) is 4.84. The van der Waals surface area contributed by atoms with Crippen molar-refractivity contribution in [2.75, 3.05) is 12.4 Å². The lowest BCUT2D eigenvalue weighted by molar-refractivity contribution is -0.139. The van der Waals surface area contributed by atoms with Gasteiger partial charge in [-0.15, -0.1) is 11.3 Å². The van der Waals surface area contributed by atoms with Crippen LogP contribution in [0.15, 0.2) is 47.8 Å². The lowest BCUT2D eigenvalue weighted by Gasteiger charge is -2.14. The number of carbonyl (C=O) groups is 1. The van der Waals surface area contributed by atoms with Crippen LogP contribution in [-0.2, 0) is 16.0 Å². The molecule has 0 unspecified atom stereocenters. The van der Waals surface area contributed by atoms with Gasteiger partial charge in [-0.1, -0.05) is 30.3 Å². The summed E-state index contributed by atoms with van der Waals surface area (Å²) >= 11 is 1.40. The third kappa shape index (κ3) is 3.49. The van der Waals surface area contributed by atoms with Crippen molar-refractivity contribution in [3.8, 4) is 11.3 Å². The molecule has 4 rings (SSSR count). The number of thiazole rings is 1. The molecule has 0 aliphatic heterocycles. The maximum atomic E-state index is 14.6. The van der Waals surface area contributed by atoms with Crippen LogP contribution in [-0.4, -0.2) is 22.5 Å². The first kappa shape index (κ1) is 19.1. The lowest BCUT2D eigenvalue weighted by atomic mass is 10.1. The van der Waals surface area contributed by atoms with Gasteiger partial charge in [0, 0.05) is 22.3 Å². The van der Waals surface area contributed by atoms with Gasteiger partial charge in [-0.25, -0.2) is 9.37 Å². The molecule has 0 atom stereocenters. The number of aromatic nitrogens is 2. The number of halogens is 1. The van der Waals surface area contributed by atoms with Crippen LogP contribution in [0.2, 0.25) is 0 Å². The van der Waals surface area contributed by atoms with Gasteiger partial charge in [0.05, 0.1) is 13.5 Å². The largest absolute Gasteiger partial charge is 0.469 e. The van der Waals surface area contributed by atoms with Gasteiger partial charge in [0.25, 0.3) is 0 Å². The molecule has 0 saturated heterocycles. The summed E-state index contributed by atoms with van der Waals surface area (Å²) in [7, 11) is 1.36. The van der Waals surface area contributed by atoms with Crippen LogP contribution >= 0.6 is 11.3 Å². The average molecular weight is 409 g/mol. The highest BCUT2D eigenvalue weighted by Gasteiger charge is 2.22. The Balaban J connectivity index is 1.95. The Morgan fingerprint density at radius 3 is 2.59 bits per heavy atom. The first-order chi connectivity index (χ1) is 14.0. The van der Waals surface area contributed by atoms with Gasteiger partial charge < -0.3 is 10.1 Å². The molecule has 4 aromatic rings. The van der Waals surface area contributed by atoms with E-state index in [2.05, 4.69) is 10.3 Å². The predicted molar refractivity (Wildman–Crippen MR) is 113 cm³/mol. The molecule has 0 fully saturated rings. The van der Waals surface area contributed by atoms with Crippen molar-refractivity contribution in [1.82, 2.24) is 9.38 Å². The maximum absolute atomic E-state index is 14.6. The number of nitrogens with one attached hydrogen (secondary N) is 1. The van der Waals surface area contributed by atoms with Gasteiger partial charge in [0.15, 0.2) is 4.96 Å². The van der Waals surface area contributed by atoms with Gasteiger partial charge >= 0.3 is 5.97 Å². The smallest absolute Gasteiger partial charge is 0.311 e. The number of methoxy groups -OCH3 is 1. The molecule has 7 heteroatoms. The number of aryl methyl sites for hydroxylation is 2. The van der Waals surface area contributed by atoms with Crippen LogP contribution in [0.4, 0.5) is 15.9 Å². The summed E-state index contributed by atoms with van der Waals surface area (Å²) in [5, 5.41) is 5.34. The van der Waals surface area contributed by atoms with Gasteiger partial charge in [0.1, 0.15) is 17.3 Å². The summed E-state index contributed by atoms with van der Waals surface area (Å²) in [6, 6.07) is 12.6. The molecule has 2 aromatic heterocycles. The molecule has 1 N–H and O–H groups in total. The number of ether oxygens (including phenoxy) is 1. The number of anilines is 2. The van der Waals surface area contributed by atoms with Crippen molar-refractivity contribution in [2.45, 2.75) is 20.3 Å². The molecule has 148 valence electrons. The summed E-state index contributed by atoms with van der Waals surface area (Å²) in [5.41, 5.74) is 4.70. The molecule has 5 nitrogen and oxygen atoms in total. The number of carbonyl (C=O) groups excluding carboxylic acids is 1. The molecular formula is C22H20FN3O2S. The van der Waals surface area contributed by atoms with Crippen LogP contribution in [0, 0.1) is 19.7 Å². The summed E-state index contributed by atoms with van der Waals surface area (Å²) in [6.07, 6.45) is 0.102. The Hall–Kier alpha value is -3.19. The first-order valence-corrected chi connectivity index (χ1v) is 10.0. The second-order valence-corrected chi connectivity index (χ2v) is 7.62. The molecule has 0 amide bonds. The highest BCUT2D eigenvalue weighted by atomic mass is 32.1. The molecule has 29 heavy (non-hydrogen) atoms. The number of hydrogen-bond donors (Lipinski definition) is 1. The molecular weight excluding hydrogens is 389 g/mol. The van der Waals surface area contributed by atoms with Crippen LogP contribution in [0.1, 0.15) is 16.8 Å². The number of nitrogens with zero attached hydrogens (tertiary/aromatic N) is 2. The summed E-state index contributed by atoms with van der Waals surface area (Å²) in [5.74, 6) is -0.0659. The topological polar surface area (TPSA) is 55.6 Å². The quantitative estimate of drug-likeness (QED) is 0.456. The van der Waals surface area contributed by atoms with E-state index in [1.165, 1.54) is 24.5 Å². The Morgan fingerprint density at radius 1 is 1.17 bits per heavy atom. The minimum absolute atomic E-state index is 0.102. The minimum atomic E-state index is -0.350. The zero-order chi connectivity index (χ0) is 20.5. The number of para-hydroxylation sites is 1. The van der Waals surface area contributed by atoms with E-state index in [-0.39, 0.29) is 18.2 Å². The van der Waals surface area contributed by atoms with E-state index in [0.717, 1.165) is 22.5 Å². The predicted octanol–water partition coefficient (Wildman–Crippen LogP) is 5.28. The Bertz CT molecular complexity index is 1190. The Labute approximate surface area is 171 Å². The zero-order valence-electron chi connectivity index (χ0n) is 16.3. The molecule has 0 saturated carbocycles. The number of esters is 1. The first-order valence-electron chi connectivity index (χ1n) is 9.13. The number of fused-ring (bicyclic) bond motifs is 1. The fraction of sp³-hybridized carbons (Fsp3) is 0.182. The van der Waals surface area contributed by atoms with Gasteiger partial charge in [-0.3, -0.25) is 9.20 Å². The van der Waals surface area contributed by atoms with Crippen molar-refractivity contribution in [3.05, 3.63) is 70.5 Å². The minimum Gasteiger partial charge on any atom is -0.469 e. The molecule has 0 aliphatic carbocycles. The van der Waals surface area contributed by atoms with Crippen LogP contribution < -0.4 is 5.32 Å². The van der Waals surface area contributed by atoms with Crippen LogP contribution in [0.3, 0.4) is 0 Å². The number of benzene rings is 2. The van der Waals surface area contributed by atoms with Crippen molar-refractivity contribution in [1.29, 1.82) is 0 Å². The molecule has 2 heterocycles. The van der Waals surface area contributed by atoms with E-state index >= 15 is 0 Å². The number of hydrogen-bond acceptors (Lipinski definition) is 5. The van der Waals surface area contributed by atoms with Crippen molar-refractivity contribution in [3.63, 3.8) is 0 Å².